The molecule has 0 aliphatic carbocycles. The van der Waals surface area contributed by atoms with Crippen LogP contribution in [0.15, 0.2) is 24.3 Å². The van der Waals surface area contributed by atoms with Gasteiger partial charge in [0.1, 0.15) is 11.5 Å². The Bertz CT molecular complexity index is 354. The lowest BCUT2D eigenvalue weighted by molar-refractivity contribution is -0.116. The summed E-state index contributed by atoms with van der Waals surface area (Å²) in [5.74, 6) is 1.11. The van der Waals surface area contributed by atoms with Crippen LogP contribution in [0.5, 0.6) is 5.75 Å². The molecule has 1 aromatic carbocycles. The summed E-state index contributed by atoms with van der Waals surface area (Å²) < 4.78 is 5.24. The quantitative estimate of drug-likeness (QED) is 0.836. The van der Waals surface area contributed by atoms with Crippen LogP contribution >= 0.6 is 12.4 Å². The number of para-hydroxylation sites is 1. The van der Waals surface area contributed by atoms with Crippen molar-refractivity contribution in [2.24, 2.45) is 0 Å². The van der Waals surface area contributed by atoms with Gasteiger partial charge in [-0.15, -0.1) is 12.4 Å². The zero-order chi connectivity index (χ0) is 9.97. The summed E-state index contributed by atoms with van der Waals surface area (Å²) in [6.45, 7) is 0.475. The number of halogens is 1. The van der Waals surface area contributed by atoms with E-state index < -0.39 is 0 Å². The number of carbonyl (C=O) groups is 1. The van der Waals surface area contributed by atoms with Crippen LogP contribution in [0.4, 0.5) is 0 Å². The summed E-state index contributed by atoms with van der Waals surface area (Å²) in [6, 6.07) is 7.93. The van der Waals surface area contributed by atoms with E-state index in [0.717, 1.165) is 11.3 Å². The summed E-state index contributed by atoms with van der Waals surface area (Å²) in [6.07, 6.45) is 0.570. The molecule has 3 nitrogen and oxygen atoms in total. The molecule has 1 atom stereocenters. The molecule has 0 aromatic heterocycles. The second kappa shape index (κ2) is 5.14. The first kappa shape index (κ1) is 12.0. The Balaban J connectivity index is 0.00000112. The molecule has 1 aliphatic heterocycles. The van der Waals surface area contributed by atoms with Crippen molar-refractivity contribution in [2.45, 2.75) is 12.5 Å². The highest BCUT2D eigenvalue weighted by atomic mass is 35.5. The molecule has 1 N–H and O–H groups in total. The third-order valence-electron chi connectivity index (χ3n) is 2.49. The molecule has 1 aliphatic rings. The van der Waals surface area contributed by atoms with Gasteiger partial charge in [0.2, 0.25) is 0 Å². The largest absolute Gasteiger partial charge is 0.496 e. The smallest absolute Gasteiger partial charge is 0.148 e. The molecule has 1 aromatic rings. The van der Waals surface area contributed by atoms with E-state index in [4.69, 9.17) is 4.74 Å². The van der Waals surface area contributed by atoms with Gasteiger partial charge in [-0.3, -0.25) is 4.79 Å². The van der Waals surface area contributed by atoms with E-state index in [9.17, 15) is 4.79 Å². The van der Waals surface area contributed by atoms with Crippen molar-refractivity contribution in [2.75, 3.05) is 13.7 Å². The van der Waals surface area contributed by atoms with Gasteiger partial charge in [-0.25, -0.2) is 0 Å². The van der Waals surface area contributed by atoms with Crippen molar-refractivity contribution in [3.05, 3.63) is 29.8 Å². The van der Waals surface area contributed by atoms with Gasteiger partial charge in [0.15, 0.2) is 0 Å². The molecule has 1 saturated heterocycles. The summed E-state index contributed by atoms with van der Waals surface area (Å²) in [4.78, 5) is 11.1. The summed E-state index contributed by atoms with van der Waals surface area (Å²) >= 11 is 0. The first-order valence-corrected chi connectivity index (χ1v) is 4.69. The molecular formula is C11H14ClNO2. The normalized spacial score (nSPS) is 19.8. The van der Waals surface area contributed by atoms with Gasteiger partial charge in [-0.05, 0) is 6.07 Å². The maximum atomic E-state index is 11.1. The van der Waals surface area contributed by atoms with Gasteiger partial charge in [-0.1, -0.05) is 18.2 Å². The minimum absolute atomic E-state index is 0. The number of methoxy groups -OCH3 is 1. The van der Waals surface area contributed by atoms with Gasteiger partial charge in [0.05, 0.1) is 13.7 Å². The van der Waals surface area contributed by atoms with Crippen molar-refractivity contribution in [3.63, 3.8) is 0 Å². The fraction of sp³-hybridized carbons (Fsp3) is 0.364. The Hall–Kier alpha value is -1.06. The van der Waals surface area contributed by atoms with Crippen LogP contribution in [0.1, 0.15) is 18.0 Å². The number of ketones is 1. The average Bonchev–Trinajstić information content (AvgIpc) is 2.65. The first-order chi connectivity index (χ1) is 6.81. The molecule has 0 amide bonds. The highest BCUT2D eigenvalue weighted by Crippen LogP contribution is 2.29. The molecule has 4 heteroatoms. The maximum absolute atomic E-state index is 11.1. The van der Waals surface area contributed by atoms with Crippen LogP contribution in [-0.4, -0.2) is 19.4 Å². The number of hydrogen-bond acceptors (Lipinski definition) is 3. The van der Waals surface area contributed by atoms with Crippen molar-refractivity contribution < 1.29 is 9.53 Å². The molecule has 1 unspecified atom stereocenters. The highest BCUT2D eigenvalue weighted by Gasteiger charge is 2.24. The van der Waals surface area contributed by atoms with Crippen LogP contribution in [0.25, 0.3) is 0 Å². The van der Waals surface area contributed by atoms with Crippen LogP contribution in [0.3, 0.4) is 0 Å². The molecule has 2 rings (SSSR count). The fourth-order valence-electron chi connectivity index (χ4n) is 1.78. The van der Waals surface area contributed by atoms with E-state index in [1.165, 1.54) is 0 Å². The van der Waals surface area contributed by atoms with E-state index >= 15 is 0 Å². The van der Waals surface area contributed by atoms with Crippen LogP contribution in [0.2, 0.25) is 0 Å². The molecular weight excluding hydrogens is 214 g/mol. The minimum atomic E-state index is 0. The molecule has 0 spiro atoms. The molecule has 1 heterocycles. The van der Waals surface area contributed by atoms with Crippen LogP contribution in [0, 0.1) is 0 Å². The zero-order valence-corrected chi connectivity index (χ0v) is 9.34. The van der Waals surface area contributed by atoms with E-state index in [1.54, 1.807) is 7.11 Å². The third kappa shape index (κ3) is 2.49. The van der Waals surface area contributed by atoms with Gasteiger partial charge < -0.3 is 10.1 Å². The summed E-state index contributed by atoms with van der Waals surface area (Å²) in [5, 5.41) is 3.17. The molecule has 1 fully saturated rings. The Morgan fingerprint density at radius 3 is 2.73 bits per heavy atom. The Kier molecular flexibility index (Phi) is 4.12. The van der Waals surface area contributed by atoms with Crippen molar-refractivity contribution in [3.8, 4) is 5.75 Å². The number of Topliss-reactive ketones (excluding diaryl/α,β-unsaturated/α-hetero) is 1. The third-order valence-corrected chi connectivity index (χ3v) is 2.49. The Labute approximate surface area is 95.2 Å². The lowest BCUT2D eigenvalue weighted by Crippen LogP contribution is -2.14. The van der Waals surface area contributed by atoms with Crippen LogP contribution in [-0.2, 0) is 4.79 Å². The molecule has 0 bridgehead atoms. The van der Waals surface area contributed by atoms with E-state index in [2.05, 4.69) is 5.32 Å². The number of hydrogen-bond donors (Lipinski definition) is 1. The maximum Gasteiger partial charge on any atom is 0.148 e. The average molecular weight is 228 g/mol. The number of nitrogens with one attached hydrogen (secondary N) is 1. The topological polar surface area (TPSA) is 38.3 Å². The van der Waals surface area contributed by atoms with E-state index in [0.29, 0.717) is 13.0 Å². The Morgan fingerprint density at radius 1 is 1.40 bits per heavy atom. The summed E-state index contributed by atoms with van der Waals surface area (Å²) in [5.41, 5.74) is 1.07. The number of benzene rings is 1. The van der Waals surface area contributed by atoms with Crippen molar-refractivity contribution >= 4 is 18.2 Å². The monoisotopic (exact) mass is 227 g/mol. The second-order valence-electron chi connectivity index (χ2n) is 3.42. The molecule has 82 valence electrons. The Morgan fingerprint density at radius 2 is 2.13 bits per heavy atom. The number of carbonyl (C=O) groups excluding carboxylic acids is 1. The van der Waals surface area contributed by atoms with E-state index in [1.807, 2.05) is 24.3 Å². The van der Waals surface area contributed by atoms with Gasteiger partial charge in [0.25, 0.3) is 0 Å². The highest BCUT2D eigenvalue weighted by molar-refractivity contribution is 5.85. The fourth-order valence-corrected chi connectivity index (χ4v) is 1.78. The lowest BCUT2D eigenvalue weighted by Gasteiger charge is -2.13. The zero-order valence-electron chi connectivity index (χ0n) is 8.53. The predicted molar refractivity (Wildman–Crippen MR) is 60.6 cm³/mol. The second-order valence-corrected chi connectivity index (χ2v) is 3.42. The lowest BCUT2D eigenvalue weighted by atomic mass is 10.0. The minimum Gasteiger partial charge on any atom is -0.496 e. The molecule has 15 heavy (non-hydrogen) atoms. The summed E-state index contributed by atoms with van der Waals surface area (Å²) in [7, 11) is 1.65. The molecule has 0 radical (unpaired) electrons. The predicted octanol–water partition coefficient (Wildman–Crippen LogP) is 1.72. The number of rotatable bonds is 2. The SMILES string of the molecule is COc1ccccc1C1CC(=O)CN1.Cl. The van der Waals surface area contributed by atoms with Gasteiger partial charge >= 0.3 is 0 Å². The van der Waals surface area contributed by atoms with Crippen molar-refractivity contribution in [1.82, 2.24) is 5.32 Å². The van der Waals surface area contributed by atoms with Crippen LogP contribution < -0.4 is 10.1 Å². The van der Waals surface area contributed by atoms with Gasteiger partial charge in [-0.2, -0.15) is 0 Å². The standard InChI is InChI=1S/C11H13NO2.ClH/c1-14-11-5-3-2-4-9(11)10-6-8(13)7-12-10;/h2-5,10,12H,6-7H2,1H3;1H. The van der Waals surface area contributed by atoms with Gasteiger partial charge in [0, 0.05) is 18.0 Å². The molecule has 0 saturated carbocycles. The number of ether oxygens (including phenoxy) is 1. The van der Waals surface area contributed by atoms with Crippen molar-refractivity contribution in [1.29, 1.82) is 0 Å². The first-order valence-electron chi connectivity index (χ1n) is 4.69. The van der Waals surface area contributed by atoms with E-state index in [-0.39, 0.29) is 24.2 Å².